The van der Waals surface area contributed by atoms with Crippen molar-refractivity contribution < 1.29 is 14.4 Å². The second kappa shape index (κ2) is 6.43. The maximum absolute atomic E-state index is 12.4. The molecular weight excluding hydrogens is 272 g/mol. The lowest BCUT2D eigenvalue weighted by molar-refractivity contribution is -0.133. The second-order valence-electron chi connectivity index (χ2n) is 5.85. The van der Waals surface area contributed by atoms with Gasteiger partial charge in [-0.05, 0) is 19.9 Å². The summed E-state index contributed by atoms with van der Waals surface area (Å²) in [7, 11) is 3.55. The van der Waals surface area contributed by atoms with E-state index < -0.39 is 5.54 Å². The molecule has 0 aromatic rings. The van der Waals surface area contributed by atoms with Gasteiger partial charge in [0.05, 0.1) is 0 Å². The third-order valence-corrected chi connectivity index (χ3v) is 4.38. The smallest absolute Gasteiger partial charge is 0.325 e. The van der Waals surface area contributed by atoms with Gasteiger partial charge in [-0.15, -0.1) is 0 Å². The van der Waals surface area contributed by atoms with E-state index in [1.54, 1.807) is 11.9 Å². The van der Waals surface area contributed by atoms with E-state index in [0.29, 0.717) is 25.9 Å². The Morgan fingerprint density at radius 3 is 2.67 bits per heavy atom. The summed E-state index contributed by atoms with van der Waals surface area (Å²) in [6.45, 7) is 1.49. The van der Waals surface area contributed by atoms with Crippen molar-refractivity contribution in [1.82, 2.24) is 20.4 Å². The molecule has 2 fully saturated rings. The number of urea groups is 1. The lowest BCUT2D eigenvalue weighted by Gasteiger charge is -2.21. The molecule has 1 saturated carbocycles. The predicted molar refractivity (Wildman–Crippen MR) is 77.6 cm³/mol. The van der Waals surface area contributed by atoms with Crippen LogP contribution in [-0.4, -0.2) is 66.9 Å². The predicted octanol–water partition coefficient (Wildman–Crippen LogP) is -0.0811. The molecule has 0 radical (unpaired) electrons. The number of nitrogens with zero attached hydrogens (tertiary/aromatic N) is 2. The van der Waals surface area contributed by atoms with E-state index in [-0.39, 0.29) is 30.8 Å². The van der Waals surface area contributed by atoms with E-state index in [2.05, 4.69) is 10.6 Å². The number of carbonyl (C=O) groups excluding carboxylic acids is 3. The van der Waals surface area contributed by atoms with Crippen LogP contribution in [0, 0.1) is 0 Å². The molecule has 1 saturated heterocycles. The molecule has 0 bridgehead atoms. The van der Waals surface area contributed by atoms with Crippen LogP contribution in [0.5, 0.6) is 0 Å². The zero-order chi connectivity index (χ0) is 15.5. The van der Waals surface area contributed by atoms with Crippen LogP contribution in [0.1, 0.15) is 32.1 Å². The zero-order valence-electron chi connectivity index (χ0n) is 12.8. The normalized spacial score (nSPS) is 20.2. The molecule has 2 aliphatic rings. The fourth-order valence-electron chi connectivity index (χ4n) is 3.00. The molecule has 21 heavy (non-hydrogen) atoms. The van der Waals surface area contributed by atoms with Gasteiger partial charge >= 0.3 is 6.03 Å². The Morgan fingerprint density at radius 2 is 2.05 bits per heavy atom. The molecule has 0 aromatic heterocycles. The summed E-state index contributed by atoms with van der Waals surface area (Å²) in [4.78, 5) is 39.1. The van der Waals surface area contributed by atoms with Crippen LogP contribution in [0.3, 0.4) is 0 Å². The zero-order valence-corrected chi connectivity index (χ0v) is 12.8. The molecule has 1 heterocycles. The summed E-state index contributed by atoms with van der Waals surface area (Å²) in [5.41, 5.74) is -0.682. The third kappa shape index (κ3) is 3.18. The van der Waals surface area contributed by atoms with Crippen LogP contribution in [0.25, 0.3) is 0 Å². The lowest BCUT2D eigenvalue weighted by atomic mass is 9.98. The highest BCUT2D eigenvalue weighted by Gasteiger charge is 2.52. The lowest BCUT2D eigenvalue weighted by Crippen LogP contribution is -2.44. The van der Waals surface area contributed by atoms with Gasteiger partial charge in [0.1, 0.15) is 5.54 Å². The van der Waals surface area contributed by atoms with Crippen molar-refractivity contribution in [1.29, 1.82) is 0 Å². The average Bonchev–Trinajstić information content (AvgIpc) is 3.01. The minimum absolute atomic E-state index is 0.0572. The van der Waals surface area contributed by atoms with Crippen LogP contribution in [0.2, 0.25) is 0 Å². The fourth-order valence-corrected chi connectivity index (χ4v) is 3.00. The molecule has 0 atom stereocenters. The van der Waals surface area contributed by atoms with E-state index in [9.17, 15) is 14.4 Å². The van der Waals surface area contributed by atoms with Crippen molar-refractivity contribution in [3.05, 3.63) is 0 Å². The van der Waals surface area contributed by atoms with E-state index in [1.165, 1.54) is 4.90 Å². The largest absolute Gasteiger partial charge is 0.344 e. The van der Waals surface area contributed by atoms with E-state index in [0.717, 1.165) is 12.8 Å². The Morgan fingerprint density at radius 1 is 1.38 bits per heavy atom. The van der Waals surface area contributed by atoms with Gasteiger partial charge in [-0.3, -0.25) is 14.5 Å². The van der Waals surface area contributed by atoms with Crippen LogP contribution in [-0.2, 0) is 9.59 Å². The average molecular weight is 296 g/mol. The number of hydrogen-bond donors (Lipinski definition) is 2. The molecule has 7 heteroatoms. The first-order chi connectivity index (χ1) is 10.00. The van der Waals surface area contributed by atoms with Crippen LogP contribution >= 0.6 is 0 Å². The Labute approximate surface area is 125 Å². The molecule has 118 valence electrons. The van der Waals surface area contributed by atoms with Gasteiger partial charge < -0.3 is 15.5 Å². The maximum atomic E-state index is 12.4. The van der Waals surface area contributed by atoms with Gasteiger partial charge in [0.15, 0.2) is 0 Å². The molecule has 1 spiro atoms. The molecule has 2 N–H and O–H groups in total. The first kappa shape index (κ1) is 15.8. The van der Waals surface area contributed by atoms with Gasteiger partial charge in [-0.2, -0.15) is 0 Å². The minimum atomic E-state index is -0.682. The van der Waals surface area contributed by atoms with Crippen molar-refractivity contribution in [2.45, 2.75) is 37.6 Å². The SMILES string of the molecule is CNCCN(C)C(=O)CCN1C(=O)NC2(CCCC2)C1=O. The van der Waals surface area contributed by atoms with Gasteiger partial charge in [0.2, 0.25) is 5.91 Å². The number of amides is 4. The molecule has 2 rings (SSSR count). The molecule has 1 aliphatic carbocycles. The molecule has 4 amide bonds. The quantitative estimate of drug-likeness (QED) is 0.672. The van der Waals surface area contributed by atoms with Crippen LogP contribution in [0.4, 0.5) is 4.79 Å². The fraction of sp³-hybridized carbons (Fsp3) is 0.786. The van der Waals surface area contributed by atoms with Crippen LogP contribution in [0.15, 0.2) is 0 Å². The van der Waals surface area contributed by atoms with Crippen molar-refractivity contribution >= 4 is 17.8 Å². The second-order valence-corrected chi connectivity index (χ2v) is 5.85. The van der Waals surface area contributed by atoms with Gasteiger partial charge in [-0.1, -0.05) is 12.8 Å². The van der Waals surface area contributed by atoms with Crippen LogP contribution < -0.4 is 10.6 Å². The van der Waals surface area contributed by atoms with Gasteiger partial charge in [-0.25, -0.2) is 4.79 Å². The number of nitrogens with one attached hydrogen (secondary N) is 2. The number of hydrogen-bond acceptors (Lipinski definition) is 4. The number of rotatable bonds is 6. The minimum Gasteiger partial charge on any atom is -0.344 e. The number of likely N-dealkylation sites (N-methyl/N-ethyl adjacent to an activating group) is 2. The highest BCUT2D eigenvalue weighted by Crippen LogP contribution is 2.34. The maximum Gasteiger partial charge on any atom is 0.325 e. The first-order valence-corrected chi connectivity index (χ1v) is 7.53. The molecule has 1 aliphatic heterocycles. The van der Waals surface area contributed by atoms with E-state index >= 15 is 0 Å². The molecule has 0 unspecified atom stereocenters. The van der Waals surface area contributed by atoms with Gasteiger partial charge in [0.25, 0.3) is 5.91 Å². The topological polar surface area (TPSA) is 81.8 Å². The summed E-state index contributed by atoms with van der Waals surface area (Å²) in [6.07, 6.45) is 3.53. The molecular formula is C14H24N4O3. The first-order valence-electron chi connectivity index (χ1n) is 7.53. The Bertz CT molecular complexity index is 432. The summed E-state index contributed by atoms with van der Waals surface area (Å²) >= 11 is 0. The summed E-state index contributed by atoms with van der Waals surface area (Å²) < 4.78 is 0. The Balaban J connectivity index is 1.87. The third-order valence-electron chi connectivity index (χ3n) is 4.38. The van der Waals surface area contributed by atoms with Crippen molar-refractivity contribution in [2.24, 2.45) is 0 Å². The van der Waals surface area contributed by atoms with E-state index in [1.807, 2.05) is 7.05 Å². The summed E-state index contributed by atoms with van der Waals surface area (Å²) in [6, 6.07) is -0.354. The summed E-state index contributed by atoms with van der Waals surface area (Å²) in [5, 5.41) is 5.79. The highest BCUT2D eigenvalue weighted by molar-refractivity contribution is 6.07. The highest BCUT2D eigenvalue weighted by atomic mass is 16.2. The Hall–Kier alpha value is -1.63. The number of imide groups is 1. The van der Waals surface area contributed by atoms with Crippen molar-refractivity contribution in [2.75, 3.05) is 33.7 Å². The Kier molecular flexibility index (Phi) is 4.82. The number of carbonyl (C=O) groups is 3. The van der Waals surface area contributed by atoms with Gasteiger partial charge in [0, 0.05) is 33.1 Å². The van der Waals surface area contributed by atoms with Crippen molar-refractivity contribution in [3.8, 4) is 0 Å². The molecule has 7 nitrogen and oxygen atoms in total. The van der Waals surface area contributed by atoms with Crippen molar-refractivity contribution in [3.63, 3.8) is 0 Å². The van der Waals surface area contributed by atoms with E-state index in [4.69, 9.17) is 0 Å². The molecule has 0 aromatic carbocycles. The summed E-state index contributed by atoms with van der Waals surface area (Å²) in [5.74, 6) is -0.214. The monoisotopic (exact) mass is 296 g/mol. The standard InChI is InChI=1S/C14H24N4O3/c1-15-8-10-17(2)11(19)5-9-18-12(20)14(16-13(18)21)6-3-4-7-14/h15H,3-10H2,1-2H3,(H,16,21).